The van der Waals surface area contributed by atoms with Gasteiger partial charge in [-0.1, -0.05) is 23.1 Å². The van der Waals surface area contributed by atoms with Gasteiger partial charge in [0.25, 0.3) is 5.91 Å². The second kappa shape index (κ2) is 6.38. The molecule has 2 aromatic heterocycles. The average Bonchev–Trinajstić information content (AvgIpc) is 3.24. The monoisotopic (exact) mass is 397 g/mol. The molecule has 2 aliphatic heterocycles. The summed E-state index contributed by atoms with van der Waals surface area (Å²) in [6, 6.07) is -0.561. The number of β-lactam (4-membered cyclic amide) rings is 1. The van der Waals surface area contributed by atoms with Crippen LogP contribution in [0, 0.1) is 6.92 Å². The van der Waals surface area contributed by atoms with E-state index in [1.54, 1.807) is 0 Å². The molecule has 10 nitrogen and oxygen atoms in total. The zero-order chi connectivity index (χ0) is 17.6. The highest BCUT2D eigenvalue weighted by Crippen LogP contribution is 2.46. The van der Waals surface area contributed by atoms with E-state index < -0.39 is 12.0 Å². The number of aliphatic carboxylic acids is 1. The summed E-state index contributed by atoms with van der Waals surface area (Å²) in [5, 5.41) is 29.0. The van der Waals surface area contributed by atoms with Crippen LogP contribution in [0.3, 0.4) is 0 Å². The first-order chi connectivity index (χ1) is 12.1. The Kier molecular flexibility index (Phi) is 4.21. The summed E-state index contributed by atoms with van der Waals surface area (Å²) in [5.41, 5.74) is 0.766. The Hall–Kier alpha value is -1.99. The summed E-state index contributed by atoms with van der Waals surface area (Å²) < 4.78 is 2.16. The molecule has 2 aromatic rings. The van der Waals surface area contributed by atoms with Gasteiger partial charge in [0.05, 0.1) is 0 Å². The smallest absolute Gasteiger partial charge is 0.352 e. The number of aryl methyl sites for hydroxylation is 1. The Morgan fingerprint density at radius 1 is 1.48 bits per heavy atom. The highest BCUT2D eigenvalue weighted by Gasteiger charge is 2.55. The van der Waals surface area contributed by atoms with Gasteiger partial charge in [0.2, 0.25) is 0 Å². The number of carboxylic acid groups (broad SMARTS) is 1. The fourth-order valence-corrected chi connectivity index (χ4v) is 6.01. The molecule has 2 atom stereocenters. The lowest BCUT2D eigenvalue weighted by Crippen LogP contribution is -2.62. The van der Waals surface area contributed by atoms with E-state index in [4.69, 9.17) is 0 Å². The first-order valence-electron chi connectivity index (χ1n) is 7.11. The number of hydrogen-bond acceptors (Lipinski definition) is 10. The van der Waals surface area contributed by atoms with Crippen LogP contribution in [0.1, 0.15) is 11.0 Å². The third-order valence-corrected chi connectivity index (χ3v) is 7.13. The Balaban J connectivity index is 1.57. The van der Waals surface area contributed by atoms with Gasteiger partial charge in [0, 0.05) is 11.5 Å². The van der Waals surface area contributed by atoms with Gasteiger partial charge in [-0.05, 0) is 22.9 Å². The van der Waals surface area contributed by atoms with E-state index in [0.29, 0.717) is 17.1 Å². The summed E-state index contributed by atoms with van der Waals surface area (Å²) in [5.74, 6) is -0.427. The number of carboxylic acids is 1. The van der Waals surface area contributed by atoms with Crippen molar-refractivity contribution in [3.8, 4) is 0 Å². The van der Waals surface area contributed by atoms with E-state index in [2.05, 4.69) is 25.7 Å². The molecule has 130 valence electrons. The van der Waals surface area contributed by atoms with Crippen LogP contribution in [0.5, 0.6) is 0 Å². The molecule has 13 heteroatoms. The van der Waals surface area contributed by atoms with Gasteiger partial charge < -0.3 is 5.11 Å². The number of thioether (sulfide) groups is 2. The van der Waals surface area contributed by atoms with Crippen LogP contribution in [0.15, 0.2) is 21.9 Å². The molecule has 4 heterocycles. The van der Waals surface area contributed by atoms with Crippen molar-refractivity contribution < 1.29 is 14.7 Å². The third kappa shape index (κ3) is 2.81. The number of carbonyl (C=O) groups is 2. The van der Waals surface area contributed by atoms with E-state index in [0.717, 1.165) is 9.35 Å². The lowest BCUT2D eigenvalue weighted by atomic mass is 10.0. The van der Waals surface area contributed by atoms with Crippen LogP contribution in [0.25, 0.3) is 0 Å². The number of nitrogens with zero attached hydrogens (tertiary/aromatic N) is 7. The molecule has 0 radical (unpaired) electrons. The van der Waals surface area contributed by atoms with Crippen LogP contribution in [-0.4, -0.2) is 69.2 Å². The zero-order valence-corrected chi connectivity index (χ0v) is 15.2. The maximum atomic E-state index is 12.5. The van der Waals surface area contributed by atoms with E-state index >= 15 is 0 Å². The molecule has 1 fully saturated rings. The van der Waals surface area contributed by atoms with Crippen LogP contribution in [0.2, 0.25) is 0 Å². The number of rotatable bonds is 5. The summed E-state index contributed by atoms with van der Waals surface area (Å²) in [6.45, 7) is 1.86. The molecule has 2 aliphatic rings. The largest absolute Gasteiger partial charge is 0.477 e. The van der Waals surface area contributed by atoms with Gasteiger partial charge >= 0.3 is 5.97 Å². The summed E-state index contributed by atoms with van der Waals surface area (Å²) in [6.07, 6.45) is 1.37. The summed E-state index contributed by atoms with van der Waals surface area (Å²) >= 11 is 4.40. The molecule has 0 spiro atoms. The van der Waals surface area contributed by atoms with Gasteiger partial charge in [-0.3, -0.25) is 9.69 Å². The lowest BCUT2D eigenvalue weighted by Gasteiger charge is -2.48. The SMILES string of the molecule is Cc1nnc(SCC2=C(C(=O)O)N3C(=O)[C@@H](n4cnnn4)[C@H]3SC2)s1. The highest BCUT2D eigenvalue weighted by molar-refractivity contribution is 8.01. The van der Waals surface area contributed by atoms with Crippen LogP contribution in [-0.2, 0) is 9.59 Å². The fraction of sp³-hybridized carbons (Fsp3) is 0.417. The van der Waals surface area contributed by atoms with Crippen molar-refractivity contribution in [2.45, 2.75) is 22.7 Å². The molecule has 0 aliphatic carbocycles. The number of hydrogen-bond donors (Lipinski definition) is 1. The molecular weight excluding hydrogens is 386 g/mol. The molecule has 25 heavy (non-hydrogen) atoms. The fourth-order valence-electron chi connectivity index (χ4n) is 2.67. The first kappa shape index (κ1) is 16.5. The van der Waals surface area contributed by atoms with Gasteiger partial charge in [-0.25, -0.2) is 9.48 Å². The number of carbonyl (C=O) groups excluding carboxylic acids is 1. The van der Waals surface area contributed by atoms with Crippen molar-refractivity contribution >= 4 is 46.7 Å². The van der Waals surface area contributed by atoms with Crippen molar-refractivity contribution in [1.29, 1.82) is 0 Å². The van der Waals surface area contributed by atoms with Gasteiger partial charge in [-0.15, -0.1) is 27.1 Å². The Morgan fingerprint density at radius 3 is 2.96 bits per heavy atom. The Labute approximate surface area is 153 Å². The van der Waals surface area contributed by atoms with Crippen LogP contribution in [0.4, 0.5) is 0 Å². The second-order valence-electron chi connectivity index (χ2n) is 5.28. The van der Waals surface area contributed by atoms with Crippen molar-refractivity contribution in [3.63, 3.8) is 0 Å². The minimum Gasteiger partial charge on any atom is -0.477 e. The lowest BCUT2D eigenvalue weighted by molar-refractivity contribution is -0.151. The standard InChI is InChI=1S/C12H11N7O3S3/c1-5-14-15-12(25-5)24-3-6-2-23-10-8(18-4-13-16-17-18)9(20)19(10)7(6)11(21)22/h4,8,10H,2-3H2,1H3,(H,21,22)/t8-,10-/m1/s1. The molecule has 1 saturated heterocycles. The summed E-state index contributed by atoms with van der Waals surface area (Å²) in [4.78, 5) is 25.6. The zero-order valence-electron chi connectivity index (χ0n) is 12.8. The number of tetrazole rings is 1. The Morgan fingerprint density at radius 2 is 2.32 bits per heavy atom. The molecule has 0 saturated carbocycles. The quantitative estimate of drug-likeness (QED) is 0.560. The maximum Gasteiger partial charge on any atom is 0.352 e. The average molecular weight is 397 g/mol. The topological polar surface area (TPSA) is 127 Å². The number of fused-ring (bicyclic) bond motifs is 1. The van der Waals surface area contributed by atoms with Gasteiger partial charge in [0.15, 0.2) is 10.4 Å². The molecule has 0 bridgehead atoms. The van der Waals surface area contributed by atoms with Gasteiger partial charge in [0.1, 0.15) is 22.4 Å². The van der Waals surface area contributed by atoms with E-state index in [1.165, 1.54) is 50.8 Å². The Bertz CT molecular complexity index is 865. The minimum atomic E-state index is -1.10. The predicted octanol–water partition coefficient (Wildman–Crippen LogP) is 0.420. The van der Waals surface area contributed by atoms with Crippen molar-refractivity contribution in [2.24, 2.45) is 0 Å². The van der Waals surface area contributed by atoms with Crippen molar-refractivity contribution in [1.82, 2.24) is 35.3 Å². The molecule has 1 amide bonds. The van der Waals surface area contributed by atoms with Crippen LogP contribution >= 0.6 is 34.9 Å². The van der Waals surface area contributed by atoms with Crippen molar-refractivity contribution in [2.75, 3.05) is 11.5 Å². The molecule has 0 aromatic carbocycles. The highest BCUT2D eigenvalue weighted by atomic mass is 32.2. The van der Waals surface area contributed by atoms with Crippen molar-refractivity contribution in [3.05, 3.63) is 22.6 Å². The number of amides is 1. The maximum absolute atomic E-state index is 12.5. The van der Waals surface area contributed by atoms with E-state index in [1.807, 2.05) is 6.92 Å². The third-order valence-electron chi connectivity index (χ3n) is 3.75. The second-order valence-corrected chi connectivity index (χ2v) is 8.79. The van der Waals surface area contributed by atoms with E-state index in [-0.39, 0.29) is 17.0 Å². The minimum absolute atomic E-state index is 0.0619. The molecular formula is C12H11N7O3S3. The normalized spacial score (nSPS) is 22.8. The van der Waals surface area contributed by atoms with Gasteiger partial charge in [-0.2, -0.15) is 0 Å². The molecule has 1 N–H and O–H groups in total. The predicted molar refractivity (Wildman–Crippen MR) is 90.0 cm³/mol. The molecule has 0 unspecified atom stereocenters. The number of aromatic nitrogens is 6. The van der Waals surface area contributed by atoms with Crippen LogP contribution < -0.4 is 0 Å². The van der Waals surface area contributed by atoms with E-state index in [9.17, 15) is 14.7 Å². The first-order valence-corrected chi connectivity index (χ1v) is 9.96. The molecule has 4 rings (SSSR count). The summed E-state index contributed by atoms with van der Waals surface area (Å²) in [7, 11) is 0.